The Bertz CT molecular complexity index is 804. The van der Waals surface area contributed by atoms with Gasteiger partial charge in [-0.05, 0) is 56.6 Å². The molecule has 2 N–H and O–H groups in total. The molecule has 2 aliphatic heterocycles. The summed E-state index contributed by atoms with van der Waals surface area (Å²) in [5.41, 5.74) is 2.61. The van der Waals surface area contributed by atoms with E-state index < -0.39 is 0 Å². The molecular weight excluding hydrogens is 376 g/mol. The van der Waals surface area contributed by atoms with Crippen molar-refractivity contribution in [1.29, 1.82) is 0 Å². The number of aliphatic imine (C=N–C) groups is 1. The minimum atomic E-state index is 0.309. The van der Waals surface area contributed by atoms with Crippen LogP contribution in [-0.2, 0) is 15.9 Å². The van der Waals surface area contributed by atoms with Gasteiger partial charge in [0.1, 0.15) is 0 Å². The van der Waals surface area contributed by atoms with Gasteiger partial charge in [0, 0.05) is 50.4 Å². The lowest BCUT2D eigenvalue weighted by atomic mass is 10.1. The van der Waals surface area contributed by atoms with E-state index in [0.717, 1.165) is 70.9 Å². The van der Waals surface area contributed by atoms with Gasteiger partial charge >= 0.3 is 0 Å². The van der Waals surface area contributed by atoms with Crippen LogP contribution in [0.25, 0.3) is 10.9 Å². The quantitative estimate of drug-likeness (QED) is 0.413. The van der Waals surface area contributed by atoms with Crippen LogP contribution in [-0.4, -0.2) is 67.9 Å². The molecule has 2 aromatic rings. The highest BCUT2D eigenvalue weighted by molar-refractivity contribution is 5.83. The summed E-state index contributed by atoms with van der Waals surface area (Å²) in [5, 5.41) is 4.89. The van der Waals surface area contributed by atoms with Gasteiger partial charge in [0.2, 0.25) is 0 Å². The number of hydrogen-bond acceptors (Lipinski definition) is 3. The van der Waals surface area contributed by atoms with Gasteiger partial charge in [-0.2, -0.15) is 0 Å². The molecule has 0 radical (unpaired) electrons. The molecule has 1 unspecified atom stereocenters. The molecule has 4 rings (SSSR count). The molecule has 1 aromatic heterocycles. The topological polar surface area (TPSA) is 61.9 Å². The second-order valence-electron chi connectivity index (χ2n) is 8.45. The van der Waals surface area contributed by atoms with Crippen molar-refractivity contribution in [2.45, 2.75) is 57.2 Å². The standard InChI is InChI=1S/C24H36N4O2/c1-25-24(26-13-6-7-19-17-27-23-10-3-2-9-22(19)23)28-14-11-20(12-15-28)30-18-21-8-4-5-16-29-21/h2-3,9-10,17,20-21,27H,4-8,11-16,18H2,1H3,(H,25,26). The lowest BCUT2D eigenvalue weighted by Gasteiger charge is -2.35. The second-order valence-corrected chi connectivity index (χ2v) is 8.45. The first-order chi connectivity index (χ1) is 14.8. The normalized spacial score (nSPS) is 21.3. The van der Waals surface area contributed by atoms with Gasteiger partial charge in [-0.25, -0.2) is 0 Å². The smallest absolute Gasteiger partial charge is 0.193 e. The van der Waals surface area contributed by atoms with Crippen molar-refractivity contribution in [3.63, 3.8) is 0 Å². The highest BCUT2D eigenvalue weighted by Crippen LogP contribution is 2.19. The second kappa shape index (κ2) is 10.8. The van der Waals surface area contributed by atoms with E-state index in [2.05, 4.69) is 50.7 Å². The average Bonchev–Trinajstić information content (AvgIpc) is 3.22. The highest BCUT2D eigenvalue weighted by atomic mass is 16.5. The van der Waals surface area contributed by atoms with Crippen molar-refractivity contribution < 1.29 is 9.47 Å². The molecule has 164 valence electrons. The minimum Gasteiger partial charge on any atom is -0.376 e. The van der Waals surface area contributed by atoms with Gasteiger partial charge in [-0.1, -0.05) is 18.2 Å². The number of nitrogens with one attached hydrogen (secondary N) is 2. The van der Waals surface area contributed by atoms with Crippen LogP contribution in [0.15, 0.2) is 35.5 Å². The van der Waals surface area contributed by atoms with Crippen LogP contribution in [0, 0.1) is 0 Å². The Morgan fingerprint density at radius 1 is 1.23 bits per heavy atom. The molecule has 1 aromatic carbocycles. The summed E-state index contributed by atoms with van der Waals surface area (Å²) in [6.45, 7) is 4.58. The number of guanidine groups is 1. The zero-order chi connectivity index (χ0) is 20.6. The number of benzene rings is 1. The molecule has 2 aliphatic rings. The summed E-state index contributed by atoms with van der Waals surface area (Å²) in [7, 11) is 1.88. The van der Waals surface area contributed by atoms with Gasteiger partial charge < -0.3 is 24.7 Å². The molecule has 3 heterocycles. The Morgan fingerprint density at radius 3 is 2.90 bits per heavy atom. The molecular formula is C24H36N4O2. The molecule has 30 heavy (non-hydrogen) atoms. The van der Waals surface area contributed by atoms with E-state index in [1.807, 2.05) is 7.05 Å². The maximum atomic E-state index is 6.14. The van der Waals surface area contributed by atoms with Gasteiger partial charge in [-0.3, -0.25) is 4.99 Å². The van der Waals surface area contributed by atoms with Crippen LogP contribution in [0.2, 0.25) is 0 Å². The third kappa shape index (κ3) is 5.55. The third-order valence-electron chi connectivity index (χ3n) is 6.33. The number of ether oxygens (including phenoxy) is 2. The summed E-state index contributed by atoms with van der Waals surface area (Å²) in [6.07, 6.45) is 10.7. The first-order valence-electron chi connectivity index (χ1n) is 11.6. The van der Waals surface area contributed by atoms with Gasteiger partial charge in [-0.15, -0.1) is 0 Å². The number of para-hydroxylation sites is 1. The summed E-state index contributed by atoms with van der Waals surface area (Å²) in [6, 6.07) is 8.51. The molecule has 0 aliphatic carbocycles. The van der Waals surface area contributed by atoms with E-state index in [-0.39, 0.29) is 0 Å². The van der Waals surface area contributed by atoms with E-state index in [1.54, 1.807) is 0 Å². The molecule has 0 amide bonds. The maximum Gasteiger partial charge on any atom is 0.193 e. The SMILES string of the molecule is CN=C(NCCCc1c[nH]c2ccccc12)N1CCC(OCC2CCCCO2)CC1. The molecule has 0 bridgehead atoms. The zero-order valence-electron chi connectivity index (χ0n) is 18.2. The number of aromatic nitrogens is 1. The largest absolute Gasteiger partial charge is 0.376 e. The average molecular weight is 413 g/mol. The molecule has 2 saturated heterocycles. The number of piperidine rings is 1. The Balaban J connectivity index is 1.15. The minimum absolute atomic E-state index is 0.309. The van der Waals surface area contributed by atoms with Crippen LogP contribution in [0.4, 0.5) is 0 Å². The van der Waals surface area contributed by atoms with Gasteiger partial charge in [0.25, 0.3) is 0 Å². The van der Waals surface area contributed by atoms with Crippen molar-refractivity contribution in [1.82, 2.24) is 15.2 Å². The number of fused-ring (bicyclic) bond motifs is 1. The number of hydrogen-bond donors (Lipinski definition) is 2. The predicted octanol–water partition coefficient (Wildman–Crippen LogP) is 3.73. The van der Waals surface area contributed by atoms with Crippen LogP contribution in [0.3, 0.4) is 0 Å². The van der Waals surface area contributed by atoms with E-state index >= 15 is 0 Å². The molecule has 6 nitrogen and oxygen atoms in total. The number of rotatable bonds is 7. The van der Waals surface area contributed by atoms with Crippen LogP contribution in [0.1, 0.15) is 44.1 Å². The molecule has 1 atom stereocenters. The molecule has 0 saturated carbocycles. The summed E-state index contributed by atoms with van der Waals surface area (Å²) in [5.74, 6) is 1.02. The molecule has 2 fully saturated rings. The van der Waals surface area contributed by atoms with E-state index in [9.17, 15) is 0 Å². The number of nitrogens with zero attached hydrogens (tertiary/aromatic N) is 2. The van der Waals surface area contributed by atoms with Gasteiger partial charge in [0.05, 0.1) is 18.8 Å². The lowest BCUT2D eigenvalue weighted by molar-refractivity contribution is -0.0721. The number of likely N-dealkylation sites (tertiary alicyclic amines) is 1. The highest BCUT2D eigenvalue weighted by Gasteiger charge is 2.23. The van der Waals surface area contributed by atoms with Crippen LogP contribution in [0.5, 0.6) is 0 Å². The number of aromatic amines is 1. The zero-order valence-corrected chi connectivity index (χ0v) is 18.2. The number of aryl methyl sites for hydroxylation is 1. The summed E-state index contributed by atoms with van der Waals surface area (Å²) >= 11 is 0. The fourth-order valence-corrected chi connectivity index (χ4v) is 4.57. The van der Waals surface area contributed by atoms with Crippen molar-refractivity contribution in [3.05, 3.63) is 36.0 Å². The Morgan fingerprint density at radius 2 is 2.10 bits per heavy atom. The Kier molecular flexibility index (Phi) is 7.65. The maximum absolute atomic E-state index is 6.14. The van der Waals surface area contributed by atoms with E-state index in [0.29, 0.717) is 12.2 Å². The fourth-order valence-electron chi connectivity index (χ4n) is 4.57. The molecule has 6 heteroatoms. The summed E-state index contributed by atoms with van der Waals surface area (Å²) in [4.78, 5) is 10.2. The monoisotopic (exact) mass is 412 g/mol. The first kappa shape index (κ1) is 21.2. The Labute approximate surface area is 180 Å². The lowest BCUT2D eigenvalue weighted by Crippen LogP contribution is -2.47. The molecule has 0 spiro atoms. The number of H-pyrrole nitrogens is 1. The van der Waals surface area contributed by atoms with E-state index in [1.165, 1.54) is 29.3 Å². The predicted molar refractivity (Wildman–Crippen MR) is 122 cm³/mol. The van der Waals surface area contributed by atoms with Crippen molar-refractivity contribution in [2.24, 2.45) is 4.99 Å². The van der Waals surface area contributed by atoms with E-state index in [4.69, 9.17) is 9.47 Å². The third-order valence-corrected chi connectivity index (χ3v) is 6.33. The summed E-state index contributed by atoms with van der Waals surface area (Å²) < 4.78 is 11.9. The van der Waals surface area contributed by atoms with Crippen molar-refractivity contribution in [3.8, 4) is 0 Å². The Hall–Kier alpha value is -2.05. The van der Waals surface area contributed by atoms with Crippen LogP contribution >= 0.6 is 0 Å². The van der Waals surface area contributed by atoms with Crippen LogP contribution < -0.4 is 5.32 Å². The van der Waals surface area contributed by atoms with Crippen molar-refractivity contribution >= 4 is 16.9 Å². The first-order valence-corrected chi connectivity index (χ1v) is 11.6. The van der Waals surface area contributed by atoms with Gasteiger partial charge in [0.15, 0.2) is 5.96 Å². The fraction of sp³-hybridized carbons (Fsp3) is 0.625. The van der Waals surface area contributed by atoms with Crippen molar-refractivity contribution in [2.75, 3.05) is 39.9 Å².